The second kappa shape index (κ2) is 10.1. The third kappa shape index (κ3) is 6.52. The molecule has 0 radical (unpaired) electrons. The van der Waals surface area contributed by atoms with Gasteiger partial charge in [-0.3, -0.25) is 0 Å². The van der Waals surface area contributed by atoms with Crippen molar-refractivity contribution >= 4 is 5.84 Å². The van der Waals surface area contributed by atoms with E-state index in [1.165, 1.54) is 6.07 Å². The molecule has 4 N–H and O–H groups in total. The van der Waals surface area contributed by atoms with Gasteiger partial charge in [-0.15, -0.1) is 0 Å². The van der Waals surface area contributed by atoms with Gasteiger partial charge < -0.3 is 25.7 Å². The van der Waals surface area contributed by atoms with Gasteiger partial charge in [0.2, 0.25) is 0 Å². The predicted molar refractivity (Wildman–Crippen MR) is 77.9 cm³/mol. The highest BCUT2D eigenvalue weighted by molar-refractivity contribution is 5.97. The molecule has 118 valence electrons. The number of nitrogens with zero attached hydrogens (tertiary/aromatic N) is 1. The van der Waals surface area contributed by atoms with E-state index in [9.17, 15) is 4.39 Å². The number of nitrogens with one attached hydrogen (secondary N) is 1. The van der Waals surface area contributed by atoms with Crippen LogP contribution in [0.4, 0.5) is 4.39 Å². The predicted octanol–water partition coefficient (Wildman–Crippen LogP) is 1.06. The minimum absolute atomic E-state index is 0.110. The van der Waals surface area contributed by atoms with Crippen LogP contribution in [-0.2, 0) is 16.0 Å². The van der Waals surface area contributed by atoms with Crippen molar-refractivity contribution in [1.82, 2.24) is 5.32 Å². The molecule has 0 amide bonds. The highest BCUT2D eigenvalue weighted by atomic mass is 19.1. The normalized spacial score (nSPS) is 11.8. The van der Waals surface area contributed by atoms with Gasteiger partial charge in [0.15, 0.2) is 5.84 Å². The van der Waals surface area contributed by atoms with Gasteiger partial charge in [-0.05, 0) is 19.0 Å². The van der Waals surface area contributed by atoms with Gasteiger partial charge in [0.1, 0.15) is 5.82 Å². The number of methoxy groups -OCH3 is 1. The maximum Gasteiger partial charge on any atom is 0.170 e. The van der Waals surface area contributed by atoms with E-state index in [2.05, 4.69) is 10.5 Å². The number of halogens is 1. The van der Waals surface area contributed by atoms with E-state index >= 15 is 0 Å². The molecule has 7 heteroatoms. The summed E-state index contributed by atoms with van der Waals surface area (Å²) >= 11 is 0. The molecule has 0 aliphatic rings. The third-order valence-electron chi connectivity index (χ3n) is 2.85. The van der Waals surface area contributed by atoms with Crippen LogP contribution in [0.1, 0.15) is 17.5 Å². The van der Waals surface area contributed by atoms with Crippen molar-refractivity contribution in [3.05, 3.63) is 35.1 Å². The van der Waals surface area contributed by atoms with Crippen LogP contribution in [-0.4, -0.2) is 44.5 Å². The molecule has 0 aliphatic carbocycles. The van der Waals surface area contributed by atoms with Crippen molar-refractivity contribution in [2.45, 2.75) is 13.0 Å². The first-order valence-corrected chi connectivity index (χ1v) is 6.72. The van der Waals surface area contributed by atoms with E-state index in [1.54, 1.807) is 19.2 Å². The SMILES string of the molecule is COCCOCCCNCc1ccc(/C(N)=N/O)cc1F. The first-order valence-electron chi connectivity index (χ1n) is 6.72. The zero-order valence-corrected chi connectivity index (χ0v) is 12.1. The largest absolute Gasteiger partial charge is 0.409 e. The number of hydrogen-bond acceptors (Lipinski definition) is 5. The van der Waals surface area contributed by atoms with Crippen LogP contribution >= 0.6 is 0 Å². The zero-order valence-electron chi connectivity index (χ0n) is 12.1. The maximum atomic E-state index is 13.8. The lowest BCUT2D eigenvalue weighted by molar-refractivity contribution is 0.0694. The Hall–Kier alpha value is -1.70. The quantitative estimate of drug-likeness (QED) is 0.198. The molecule has 0 saturated heterocycles. The third-order valence-corrected chi connectivity index (χ3v) is 2.85. The molecule has 0 fully saturated rings. The van der Waals surface area contributed by atoms with Crippen LogP contribution in [0.5, 0.6) is 0 Å². The fourth-order valence-corrected chi connectivity index (χ4v) is 1.67. The van der Waals surface area contributed by atoms with E-state index < -0.39 is 0 Å². The summed E-state index contributed by atoms with van der Waals surface area (Å²) in [6, 6.07) is 4.48. The number of oxime groups is 1. The molecule has 0 aromatic heterocycles. The Labute approximate surface area is 123 Å². The van der Waals surface area contributed by atoms with Gasteiger partial charge >= 0.3 is 0 Å². The summed E-state index contributed by atoms with van der Waals surface area (Å²) in [5.41, 5.74) is 6.28. The number of ether oxygens (including phenoxy) is 2. The second-order valence-corrected chi connectivity index (χ2v) is 4.43. The smallest absolute Gasteiger partial charge is 0.170 e. The van der Waals surface area contributed by atoms with Crippen LogP contribution in [0.2, 0.25) is 0 Å². The lowest BCUT2D eigenvalue weighted by Gasteiger charge is -2.08. The van der Waals surface area contributed by atoms with E-state index in [0.717, 1.165) is 13.0 Å². The Balaban J connectivity index is 2.26. The number of nitrogens with two attached hydrogens (primary N) is 1. The Morgan fingerprint density at radius 3 is 2.86 bits per heavy atom. The molecule has 0 heterocycles. The summed E-state index contributed by atoms with van der Waals surface area (Å²) in [7, 11) is 1.63. The van der Waals surface area contributed by atoms with Gasteiger partial charge in [0, 0.05) is 31.4 Å². The van der Waals surface area contributed by atoms with Crippen molar-refractivity contribution in [1.29, 1.82) is 0 Å². The van der Waals surface area contributed by atoms with E-state index in [1.807, 2.05) is 0 Å². The molecule has 1 aromatic carbocycles. The lowest BCUT2D eigenvalue weighted by atomic mass is 10.1. The van der Waals surface area contributed by atoms with Crippen molar-refractivity contribution in [2.75, 3.05) is 33.5 Å². The number of rotatable bonds is 10. The second-order valence-electron chi connectivity index (χ2n) is 4.43. The van der Waals surface area contributed by atoms with Crippen molar-refractivity contribution in [3.63, 3.8) is 0 Å². The maximum absolute atomic E-state index is 13.8. The van der Waals surface area contributed by atoms with Crippen LogP contribution in [0.15, 0.2) is 23.4 Å². The van der Waals surface area contributed by atoms with E-state index in [0.29, 0.717) is 37.5 Å². The van der Waals surface area contributed by atoms with Crippen LogP contribution in [0.25, 0.3) is 0 Å². The first-order chi connectivity index (χ1) is 10.2. The van der Waals surface area contributed by atoms with Gasteiger partial charge in [0.05, 0.1) is 13.2 Å². The summed E-state index contributed by atoms with van der Waals surface area (Å²) in [5, 5.41) is 14.5. The van der Waals surface area contributed by atoms with Gasteiger partial charge in [-0.1, -0.05) is 17.3 Å². The summed E-state index contributed by atoms with van der Waals surface area (Å²) in [4.78, 5) is 0. The van der Waals surface area contributed by atoms with Crippen molar-refractivity contribution in [3.8, 4) is 0 Å². The van der Waals surface area contributed by atoms with E-state index in [4.69, 9.17) is 20.4 Å². The average Bonchev–Trinajstić information content (AvgIpc) is 2.50. The molecular weight excluding hydrogens is 277 g/mol. The molecule has 0 aliphatic heterocycles. The van der Waals surface area contributed by atoms with Gasteiger partial charge in [-0.2, -0.15) is 0 Å². The summed E-state index contributed by atoms with van der Waals surface area (Å²) in [5.74, 6) is -0.496. The topological polar surface area (TPSA) is 89.1 Å². The van der Waals surface area contributed by atoms with Crippen LogP contribution in [0.3, 0.4) is 0 Å². The highest BCUT2D eigenvalue weighted by Gasteiger charge is 2.06. The first kappa shape index (κ1) is 17.4. The van der Waals surface area contributed by atoms with Crippen molar-refractivity contribution in [2.24, 2.45) is 10.9 Å². The summed E-state index contributed by atoms with van der Waals surface area (Å²) < 4.78 is 24.0. The number of amidine groups is 1. The minimum Gasteiger partial charge on any atom is -0.409 e. The molecule has 0 unspecified atom stereocenters. The fourth-order valence-electron chi connectivity index (χ4n) is 1.67. The fraction of sp³-hybridized carbons (Fsp3) is 0.500. The standard InChI is InChI=1S/C14H22FN3O3/c1-20-7-8-21-6-2-5-17-10-12-4-3-11(9-13(12)15)14(16)18-19/h3-4,9,17,19H,2,5-8,10H2,1H3,(H2,16,18). The molecule has 0 spiro atoms. The van der Waals surface area contributed by atoms with E-state index in [-0.39, 0.29) is 11.7 Å². The van der Waals surface area contributed by atoms with Gasteiger partial charge in [-0.25, -0.2) is 4.39 Å². The highest BCUT2D eigenvalue weighted by Crippen LogP contribution is 2.10. The molecule has 0 bridgehead atoms. The molecule has 21 heavy (non-hydrogen) atoms. The van der Waals surface area contributed by atoms with Crippen LogP contribution in [0, 0.1) is 5.82 Å². The lowest BCUT2D eigenvalue weighted by Crippen LogP contribution is -2.18. The molecule has 0 saturated carbocycles. The monoisotopic (exact) mass is 299 g/mol. The minimum atomic E-state index is -0.386. The Bertz CT molecular complexity index is 455. The average molecular weight is 299 g/mol. The summed E-state index contributed by atoms with van der Waals surface area (Å²) in [6.07, 6.45) is 0.841. The number of benzene rings is 1. The molecular formula is C14H22FN3O3. The number of hydrogen-bond donors (Lipinski definition) is 3. The van der Waals surface area contributed by atoms with Crippen molar-refractivity contribution < 1.29 is 19.1 Å². The Kier molecular flexibility index (Phi) is 8.34. The molecule has 1 aromatic rings. The Morgan fingerprint density at radius 1 is 1.38 bits per heavy atom. The van der Waals surface area contributed by atoms with Crippen LogP contribution < -0.4 is 11.1 Å². The molecule has 0 atom stereocenters. The molecule has 6 nitrogen and oxygen atoms in total. The Morgan fingerprint density at radius 2 is 2.19 bits per heavy atom. The van der Waals surface area contributed by atoms with Gasteiger partial charge in [0.25, 0.3) is 0 Å². The molecule has 1 rings (SSSR count). The zero-order chi connectivity index (χ0) is 15.5. The summed E-state index contributed by atoms with van der Waals surface area (Å²) in [6.45, 7) is 2.96.